The number of unbranched alkanes of at least 4 members (excludes halogenated alkanes) is 1. The third kappa shape index (κ3) is 5.73. The smallest absolute Gasteiger partial charge is 0.309 e. The highest BCUT2D eigenvalue weighted by molar-refractivity contribution is 5.72. The summed E-state index contributed by atoms with van der Waals surface area (Å²) >= 11 is 0. The normalized spacial score (nSPS) is 38.7. The standard InChI is InChI=1S/C24H42O2/c1-3-4-5-19-8-10-20(11-9-19)21-12-14-22(15-13-21)24(25)26-23-16-6-18(2)7-17-23/h18-23H,3-17H2,1-2H3. The van der Waals surface area contributed by atoms with Gasteiger partial charge >= 0.3 is 5.97 Å². The van der Waals surface area contributed by atoms with Crippen molar-refractivity contribution in [1.82, 2.24) is 0 Å². The highest BCUT2D eigenvalue weighted by Gasteiger charge is 2.34. The molecule has 0 aromatic rings. The Labute approximate surface area is 161 Å². The lowest BCUT2D eigenvalue weighted by Crippen LogP contribution is -2.32. The second kappa shape index (κ2) is 10.1. The molecule has 0 N–H and O–H groups in total. The highest BCUT2D eigenvalue weighted by Crippen LogP contribution is 2.42. The Morgan fingerprint density at radius 3 is 1.96 bits per heavy atom. The molecule has 0 amide bonds. The zero-order valence-electron chi connectivity index (χ0n) is 17.4. The van der Waals surface area contributed by atoms with E-state index in [0.29, 0.717) is 0 Å². The van der Waals surface area contributed by atoms with Gasteiger partial charge in [-0.25, -0.2) is 0 Å². The molecule has 0 aromatic carbocycles. The fourth-order valence-electron chi connectivity index (χ4n) is 5.88. The third-order valence-electron chi connectivity index (χ3n) is 7.87. The predicted octanol–water partition coefficient (Wildman–Crippen LogP) is 6.91. The molecule has 2 nitrogen and oxygen atoms in total. The lowest BCUT2D eigenvalue weighted by Gasteiger charge is -2.37. The molecule has 3 aliphatic carbocycles. The summed E-state index contributed by atoms with van der Waals surface area (Å²) in [6.45, 7) is 4.63. The van der Waals surface area contributed by atoms with Crippen molar-refractivity contribution < 1.29 is 9.53 Å². The van der Waals surface area contributed by atoms with Crippen molar-refractivity contribution in [3.05, 3.63) is 0 Å². The van der Waals surface area contributed by atoms with E-state index >= 15 is 0 Å². The van der Waals surface area contributed by atoms with Crippen LogP contribution >= 0.6 is 0 Å². The number of carbonyl (C=O) groups is 1. The van der Waals surface area contributed by atoms with Crippen LogP contribution in [0.3, 0.4) is 0 Å². The van der Waals surface area contributed by atoms with Crippen molar-refractivity contribution in [3.63, 3.8) is 0 Å². The van der Waals surface area contributed by atoms with Crippen LogP contribution in [0, 0.1) is 29.6 Å². The molecule has 0 atom stereocenters. The van der Waals surface area contributed by atoms with Crippen LogP contribution < -0.4 is 0 Å². The van der Waals surface area contributed by atoms with Crippen LogP contribution in [0.15, 0.2) is 0 Å². The Morgan fingerprint density at radius 1 is 0.808 bits per heavy atom. The summed E-state index contributed by atoms with van der Waals surface area (Å²) in [5.41, 5.74) is 0. The van der Waals surface area contributed by atoms with E-state index in [4.69, 9.17) is 4.74 Å². The van der Waals surface area contributed by atoms with Crippen molar-refractivity contribution in [2.45, 2.75) is 116 Å². The van der Waals surface area contributed by atoms with E-state index < -0.39 is 0 Å². The van der Waals surface area contributed by atoms with E-state index in [1.165, 1.54) is 70.6 Å². The maximum atomic E-state index is 12.6. The van der Waals surface area contributed by atoms with Gasteiger partial charge in [-0.3, -0.25) is 4.79 Å². The van der Waals surface area contributed by atoms with Gasteiger partial charge in [0.1, 0.15) is 6.10 Å². The predicted molar refractivity (Wildman–Crippen MR) is 108 cm³/mol. The monoisotopic (exact) mass is 362 g/mol. The fraction of sp³-hybridized carbons (Fsp3) is 0.958. The number of carbonyl (C=O) groups excluding carboxylic acids is 1. The van der Waals surface area contributed by atoms with E-state index in [1.807, 2.05) is 0 Å². The molecular formula is C24H42O2. The van der Waals surface area contributed by atoms with Gasteiger partial charge in [0.05, 0.1) is 5.92 Å². The SMILES string of the molecule is CCCCC1CCC(C2CCC(C(=O)OC3CCC(C)CC3)CC2)CC1. The van der Waals surface area contributed by atoms with Crippen molar-refractivity contribution in [1.29, 1.82) is 0 Å². The molecule has 3 saturated carbocycles. The molecule has 0 aromatic heterocycles. The average Bonchev–Trinajstić information content (AvgIpc) is 2.68. The molecule has 150 valence electrons. The third-order valence-corrected chi connectivity index (χ3v) is 7.87. The van der Waals surface area contributed by atoms with E-state index in [2.05, 4.69) is 13.8 Å². The van der Waals surface area contributed by atoms with Crippen LogP contribution in [-0.2, 0) is 9.53 Å². The second-order valence-electron chi connectivity index (χ2n) is 9.85. The van der Waals surface area contributed by atoms with Crippen LogP contribution in [-0.4, -0.2) is 12.1 Å². The fourth-order valence-corrected chi connectivity index (χ4v) is 5.88. The van der Waals surface area contributed by atoms with Gasteiger partial charge < -0.3 is 4.74 Å². The van der Waals surface area contributed by atoms with Crippen molar-refractivity contribution in [3.8, 4) is 0 Å². The van der Waals surface area contributed by atoms with Gasteiger partial charge in [-0.05, 0) is 87.9 Å². The highest BCUT2D eigenvalue weighted by atomic mass is 16.5. The number of hydrogen-bond donors (Lipinski definition) is 0. The average molecular weight is 363 g/mol. The lowest BCUT2D eigenvalue weighted by atomic mass is 9.68. The van der Waals surface area contributed by atoms with Gasteiger partial charge in [0.25, 0.3) is 0 Å². The molecule has 3 rings (SSSR count). The first-order chi connectivity index (χ1) is 12.7. The molecule has 0 aliphatic heterocycles. The second-order valence-corrected chi connectivity index (χ2v) is 9.85. The number of esters is 1. The molecule has 3 fully saturated rings. The lowest BCUT2D eigenvalue weighted by molar-refractivity contribution is -0.157. The van der Waals surface area contributed by atoms with Crippen LogP contribution in [0.25, 0.3) is 0 Å². The van der Waals surface area contributed by atoms with Gasteiger partial charge in [0.2, 0.25) is 0 Å². The molecule has 0 spiro atoms. The van der Waals surface area contributed by atoms with E-state index in [0.717, 1.165) is 49.4 Å². The Kier molecular flexibility index (Phi) is 7.88. The number of ether oxygens (including phenoxy) is 1. The van der Waals surface area contributed by atoms with Gasteiger partial charge in [0.15, 0.2) is 0 Å². The summed E-state index contributed by atoms with van der Waals surface area (Å²) in [6.07, 6.45) is 19.6. The largest absolute Gasteiger partial charge is 0.462 e. The molecule has 2 heteroatoms. The first-order valence-corrected chi connectivity index (χ1v) is 11.9. The van der Waals surface area contributed by atoms with Crippen LogP contribution in [0.4, 0.5) is 0 Å². The Hall–Kier alpha value is -0.530. The van der Waals surface area contributed by atoms with Gasteiger partial charge in [0, 0.05) is 0 Å². The summed E-state index contributed by atoms with van der Waals surface area (Å²) < 4.78 is 5.87. The maximum Gasteiger partial charge on any atom is 0.309 e. The first-order valence-electron chi connectivity index (χ1n) is 11.9. The molecule has 0 radical (unpaired) electrons. The zero-order chi connectivity index (χ0) is 18.4. The van der Waals surface area contributed by atoms with E-state index in [9.17, 15) is 4.79 Å². The number of rotatable bonds is 6. The summed E-state index contributed by atoms with van der Waals surface area (Å²) in [7, 11) is 0. The quantitative estimate of drug-likeness (QED) is 0.480. The van der Waals surface area contributed by atoms with Gasteiger partial charge in [-0.15, -0.1) is 0 Å². The van der Waals surface area contributed by atoms with Crippen molar-refractivity contribution in [2.75, 3.05) is 0 Å². The first kappa shape index (κ1) is 20.2. The molecular weight excluding hydrogens is 320 g/mol. The van der Waals surface area contributed by atoms with E-state index in [1.54, 1.807) is 0 Å². The van der Waals surface area contributed by atoms with Crippen LogP contribution in [0.2, 0.25) is 0 Å². The maximum absolute atomic E-state index is 12.6. The molecule has 0 saturated heterocycles. The van der Waals surface area contributed by atoms with Gasteiger partial charge in [-0.1, -0.05) is 46.0 Å². The topological polar surface area (TPSA) is 26.3 Å². The van der Waals surface area contributed by atoms with Crippen LogP contribution in [0.1, 0.15) is 110 Å². The molecule has 0 unspecified atom stereocenters. The van der Waals surface area contributed by atoms with Gasteiger partial charge in [-0.2, -0.15) is 0 Å². The Morgan fingerprint density at radius 2 is 1.38 bits per heavy atom. The number of hydrogen-bond acceptors (Lipinski definition) is 2. The van der Waals surface area contributed by atoms with Crippen molar-refractivity contribution >= 4 is 5.97 Å². The van der Waals surface area contributed by atoms with Crippen LogP contribution in [0.5, 0.6) is 0 Å². The molecule has 26 heavy (non-hydrogen) atoms. The summed E-state index contributed by atoms with van der Waals surface area (Å²) in [5.74, 6) is 4.00. The Bertz CT molecular complexity index is 408. The molecule has 0 bridgehead atoms. The van der Waals surface area contributed by atoms with Crippen molar-refractivity contribution in [2.24, 2.45) is 29.6 Å². The molecule has 3 aliphatic rings. The zero-order valence-corrected chi connectivity index (χ0v) is 17.4. The minimum atomic E-state index is 0.131. The summed E-state index contributed by atoms with van der Waals surface area (Å²) in [6, 6.07) is 0. The minimum Gasteiger partial charge on any atom is -0.462 e. The summed E-state index contributed by atoms with van der Waals surface area (Å²) in [5, 5.41) is 0. The summed E-state index contributed by atoms with van der Waals surface area (Å²) in [4.78, 5) is 12.6. The minimum absolute atomic E-state index is 0.131. The molecule has 0 heterocycles. The Balaban J connectivity index is 1.34. The van der Waals surface area contributed by atoms with E-state index in [-0.39, 0.29) is 18.0 Å².